The summed E-state index contributed by atoms with van der Waals surface area (Å²) in [5, 5.41) is 2.82. The highest BCUT2D eigenvalue weighted by Crippen LogP contribution is 2.39. The number of pyridine rings is 1. The molecular formula is C14H19F3N4. The van der Waals surface area contributed by atoms with Gasteiger partial charge in [-0.15, -0.1) is 0 Å². The van der Waals surface area contributed by atoms with Crippen LogP contribution in [0.5, 0.6) is 0 Å². The van der Waals surface area contributed by atoms with Crippen LogP contribution in [0.3, 0.4) is 0 Å². The minimum Gasteiger partial charge on any atom is -0.370 e. The van der Waals surface area contributed by atoms with Gasteiger partial charge in [0.1, 0.15) is 5.82 Å². The Kier molecular flexibility index (Phi) is 5.03. The first-order valence-electron chi connectivity index (χ1n) is 7.00. The maximum Gasteiger partial charge on any atom is 0.391 e. The van der Waals surface area contributed by atoms with Crippen LogP contribution in [0.4, 0.5) is 19.0 Å². The Morgan fingerprint density at radius 1 is 1.38 bits per heavy atom. The monoisotopic (exact) mass is 300 g/mol. The number of rotatable bonds is 3. The average Bonchev–Trinajstić information content (AvgIpc) is 2.46. The molecule has 0 aromatic carbocycles. The van der Waals surface area contributed by atoms with Crippen molar-refractivity contribution in [1.82, 2.24) is 4.98 Å². The fraction of sp³-hybridized carbons (Fsp3) is 0.571. The maximum atomic E-state index is 12.7. The molecule has 2 atom stereocenters. The lowest BCUT2D eigenvalue weighted by Gasteiger charge is -2.29. The Morgan fingerprint density at radius 3 is 2.86 bits per heavy atom. The van der Waals surface area contributed by atoms with Gasteiger partial charge in [-0.2, -0.15) is 13.2 Å². The molecule has 4 nitrogen and oxygen atoms in total. The maximum absolute atomic E-state index is 12.7. The van der Waals surface area contributed by atoms with Crippen LogP contribution in [0.15, 0.2) is 29.4 Å². The zero-order valence-corrected chi connectivity index (χ0v) is 11.6. The number of hydrogen-bond acceptors (Lipinski definition) is 2. The highest BCUT2D eigenvalue weighted by molar-refractivity contribution is 5.91. The summed E-state index contributed by atoms with van der Waals surface area (Å²) in [7, 11) is 0. The van der Waals surface area contributed by atoms with Gasteiger partial charge in [0.2, 0.25) is 0 Å². The van der Waals surface area contributed by atoms with Crippen LogP contribution in [-0.4, -0.2) is 23.7 Å². The lowest BCUT2D eigenvalue weighted by Crippen LogP contribution is -2.30. The average molecular weight is 300 g/mol. The van der Waals surface area contributed by atoms with Crippen molar-refractivity contribution in [3.05, 3.63) is 24.4 Å². The molecule has 0 amide bonds. The summed E-state index contributed by atoms with van der Waals surface area (Å²) >= 11 is 0. The number of nitrogens with one attached hydrogen (secondary N) is 1. The van der Waals surface area contributed by atoms with Crippen LogP contribution in [0.2, 0.25) is 0 Å². The summed E-state index contributed by atoms with van der Waals surface area (Å²) in [6.45, 7) is 0.318. The van der Waals surface area contributed by atoms with E-state index in [9.17, 15) is 13.2 Å². The van der Waals surface area contributed by atoms with E-state index in [4.69, 9.17) is 5.73 Å². The van der Waals surface area contributed by atoms with Gasteiger partial charge in [-0.05, 0) is 37.3 Å². The number of nitrogens with two attached hydrogens (primary N) is 1. The van der Waals surface area contributed by atoms with E-state index in [0.717, 1.165) is 6.42 Å². The fourth-order valence-electron chi connectivity index (χ4n) is 2.59. The van der Waals surface area contributed by atoms with Gasteiger partial charge in [0.15, 0.2) is 5.96 Å². The molecule has 0 aliphatic heterocycles. The minimum atomic E-state index is -4.10. The molecule has 1 saturated carbocycles. The SMILES string of the molecule is NC(=NCC1CCCC(C(F)(F)F)C1)Nc1ccccn1. The van der Waals surface area contributed by atoms with Gasteiger partial charge in [0, 0.05) is 12.7 Å². The summed E-state index contributed by atoms with van der Waals surface area (Å²) in [6, 6.07) is 5.32. The number of guanidine groups is 1. The number of anilines is 1. The molecule has 1 aliphatic carbocycles. The van der Waals surface area contributed by atoms with E-state index >= 15 is 0 Å². The van der Waals surface area contributed by atoms with E-state index in [1.165, 1.54) is 0 Å². The fourth-order valence-corrected chi connectivity index (χ4v) is 2.59. The molecule has 21 heavy (non-hydrogen) atoms. The van der Waals surface area contributed by atoms with E-state index < -0.39 is 12.1 Å². The summed E-state index contributed by atoms with van der Waals surface area (Å²) in [6.07, 6.45) is -0.745. The van der Waals surface area contributed by atoms with Crippen molar-refractivity contribution in [3.8, 4) is 0 Å². The van der Waals surface area contributed by atoms with Crippen molar-refractivity contribution in [2.24, 2.45) is 22.6 Å². The highest BCUT2D eigenvalue weighted by Gasteiger charge is 2.41. The summed E-state index contributed by atoms with van der Waals surface area (Å²) in [5.41, 5.74) is 5.72. The van der Waals surface area contributed by atoms with Crippen LogP contribution in [0.25, 0.3) is 0 Å². The Balaban J connectivity index is 1.85. The van der Waals surface area contributed by atoms with Crippen LogP contribution < -0.4 is 11.1 Å². The highest BCUT2D eigenvalue weighted by atomic mass is 19.4. The molecule has 2 unspecified atom stereocenters. The van der Waals surface area contributed by atoms with Gasteiger partial charge >= 0.3 is 6.18 Å². The number of nitrogens with zero attached hydrogens (tertiary/aromatic N) is 2. The largest absolute Gasteiger partial charge is 0.391 e. The van der Waals surface area contributed by atoms with Gasteiger partial charge in [0.05, 0.1) is 5.92 Å². The molecular weight excluding hydrogens is 281 g/mol. The molecule has 0 radical (unpaired) electrons. The van der Waals surface area contributed by atoms with Crippen molar-refractivity contribution in [3.63, 3.8) is 0 Å². The van der Waals surface area contributed by atoms with Crippen molar-refractivity contribution in [1.29, 1.82) is 0 Å². The summed E-state index contributed by atoms with van der Waals surface area (Å²) in [5.74, 6) is -0.510. The molecule has 116 valence electrons. The molecule has 1 aliphatic rings. The lowest BCUT2D eigenvalue weighted by atomic mass is 9.81. The van der Waals surface area contributed by atoms with Gasteiger partial charge < -0.3 is 11.1 Å². The number of halogens is 3. The van der Waals surface area contributed by atoms with Gasteiger partial charge in [-0.25, -0.2) is 4.98 Å². The molecule has 1 aromatic heterocycles. The Hall–Kier alpha value is -1.79. The molecule has 0 bridgehead atoms. The van der Waals surface area contributed by atoms with Crippen LogP contribution in [0.1, 0.15) is 25.7 Å². The van der Waals surface area contributed by atoms with Crippen molar-refractivity contribution in [2.45, 2.75) is 31.9 Å². The molecule has 1 fully saturated rings. The Bertz CT molecular complexity index is 473. The number of hydrogen-bond donors (Lipinski definition) is 2. The molecule has 2 rings (SSSR count). The van der Waals surface area contributed by atoms with E-state index in [-0.39, 0.29) is 24.7 Å². The third-order valence-corrected chi connectivity index (χ3v) is 3.69. The van der Waals surface area contributed by atoms with E-state index in [0.29, 0.717) is 18.8 Å². The first kappa shape index (κ1) is 15.6. The Labute approximate surface area is 121 Å². The van der Waals surface area contributed by atoms with Crippen LogP contribution in [0, 0.1) is 11.8 Å². The quantitative estimate of drug-likeness (QED) is 0.665. The topological polar surface area (TPSA) is 63.3 Å². The predicted octanol–water partition coefficient (Wildman–Crippen LogP) is 3.18. The van der Waals surface area contributed by atoms with Gasteiger partial charge in [-0.1, -0.05) is 12.5 Å². The van der Waals surface area contributed by atoms with Crippen LogP contribution >= 0.6 is 0 Å². The molecule has 7 heteroatoms. The molecule has 1 heterocycles. The normalized spacial score (nSPS) is 23.9. The Morgan fingerprint density at radius 2 is 2.19 bits per heavy atom. The smallest absolute Gasteiger partial charge is 0.370 e. The zero-order chi connectivity index (χ0) is 15.3. The second-order valence-electron chi connectivity index (χ2n) is 5.34. The predicted molar refractivity (Wildman–Crippen MR) is 75.9 cm³/mol. The van der Waals surface area contributed by atoms with Crippen molar-refractivity contribution in [2.75, 3.05) is 11.9 Å². The third kappa shape index (κ3) is 4.91. The van der Waals surface area contributed by atoms with E-state index in [1.54, 1.807) is 24.4 Å². The number of aromatic nitrogens is 1. The minimum absolute atomic E-state index is 0.0607. The summed E-state index contributed by atoms with van der Waals surface area (Å²) in [4.78, 5) is 8.17. The number of alkyl halides is 3. The second kappa shape index (κ2) is 6.78. The second-order valence-corrected chi connectivity index (χ2v) is 5.34. The molecule has 1 aromatic rings. The lowest BCUT2D eigenvalue weighted by molar-refractivity contribution is -0.185. The van der Waals surface area contributed by atoms with Crippen LogP contribution in [-0.2, 0) is 0 Å². The molecule has 0 saturated heterocycles. The zero-order valence-electron chi connectivity index (χ0n) is 11.6. The first-order chi connectivity index (χ1) is 9.95. The van der Waals surface area contributed by atoms with E-state index in [2.05, 4.69) is 15.3 Å². The van der Waals surface area contributed by atoms with Crippen molar-refractivity contribution < 1.29 is 13.2 Å². The standard InChI is InChI=1S/C14H19F3N4/c15-14(16,17)11-5-3-4-10(8-11)9-20-13(18)21-12-6-1-2-7-19-12/h1-2,6-7,10-11H,3-5,8-9H2,(H3,18,19,20,21). The molecule has 0 spiro atoms. The van der Waals surface area contributed by atoms with Gasteiger partial charge in [0.25, 0.3) is 0 Å². The summed E-state index contributed by atoms with van der Waals surface area (Å²) < 4.78 is 38.2. The van der Waals surface area contributed by atoms with Crippen molar-refractivity contribution >= 4 is 11.8 Å². The first-order valence-corrected chi connectivity index (χ1v) is 7.00. The molecule has 3 N–H and O–H groups in total. The third-order valence-electron chi connectivity index (χ3n) is 3.69. The van der Waals surface area contributed by atoms with Gasteiger partial charge in [-0.3, -0.25) is 4.99 Å². The van der Waals surface area contributed by atoms with E-state index in [1.807, 2.05) is 0 Å². The number of aliphatic imine (C=N–C) groups is 1.